The number of ether oxygens (including phenoxy) is 3. The van der Waals surface area contributed by atoms with Crippen molar-refractivity contribution in [3.05, 3.63) is 58.5 Å². The second kappa shape index (κ2) is 8.87. The van der Waals surface area contributed by atoms with Gasteiger partial charge < -0.3 is 14.2 Å². The van der Waals surface area contributed by atoms with Gasteiger partial charge in [0.25, 0.3) is 0 Å². The second-order valence-corrected chi connectivity index (χ2v) is 8.23. The summed E-state index contributed by atoms with van der Waals surface area (Å²) in [7, 11) is 3.06. The van der Waals surface area contributed by atoms with Crippen molar-refractivity contribution < 1.29 is 19.0 Å². The quantitative estimate of drug-likeness (QED) is 0.434. The van der Waals surface area contributed by atoms with Crippen LogP contribution in [0.4, 0.5) is 0 Å². The van der Waals surface area contributed by atoms with Crippen molar-refractivity contribution in [3.63, 3.8) is 0 Å². The van der Waals surface area contributed by atoms with Gasteiger partial charge >= 0.3 is 5.97 Å². The van der Waals surface area contributed by atoms with Crippen LogP contribution in [0, 0.1) is 6.92 Å². The van der Waals surface area contributed by atoms with Crippen LogP contribution in [0.15, 0.2) is 42.5 Å². The Morgan fingerprint density at radius 1 is 1.03 bits per heavy atom. The van der Waals surface area contributed by atoms with Crippen molar-refractivity contribution in [2.24, 2.45) is 0 Å². The maximum atomic E-state index is 11.4. The largest absolute Gasteiger partial charge is 0.497 e. The highest BCUT2D eigenvalue weighted by atomic mass is 32.1. The molecule has 5 heteroatoms. The molecule has 0 saturated heterocycles. The highest BCUT2D eigenvalue weighted by Gasteiger charge is 2.33. The maximum absolute atomic E-state index is 11.4. The number of fused-ring (bicyclic) bond motifs is 1. The van der Waals surface area contributed by atoms with Crippen molar-refractivity contribution in [1.29, 1.82) is 0 Å². The monoisotopic (exact) mass is 412 g/mol. The van der Waals surface area contributed by atoms with Crippen LogP contribution in [0.3, 0.4) is 0 Å². The van der Waals surface area contributed by atoms with Crippen molar-refractivity contribution in [3.8, 4) is 11.5 Å². The zero-order valence-electron chi connectivity index (χ0n) is 17.7. The normalized spacial score (nSPS) is 11.5. The average Bonchev–Trinajstić information content (AvgIpc) is 3.17. The minimum absolute atomic E-state index is 0.0669. The Balaban J connectivity index is 2.00. The first kappa shape index (κ1) is 21.2. The van der Waals surface area contributed by atoms with Crippen LogP contribution in [-0.2, 0) is 14.9 Å². The number of hydrogen-bond donors (Lipinski definition) is 0. The van der Waals surface area contributed by atoms with Gasteiger partial charge in [-0.05, 0) is 66.6 Å². The van der Waals surface area contributed by atoms with E-state index in [0.29, 0.717) is 5.75 Å². The molecule has 0 amide bonds. The van der Waals surface area contributed by atoms with Gasteiger partial charge in [-0.25, -0.2) is 4.79 Å². The number of esters is 1. The first-order chi connectivity index (χ1) is 14.0. The van der Waals surface area contributed by atoms with Gasteiger partial charge in [-0.1, -0.05) is 26.0 Å². The predicted molar refractivity (Wildman–Crippen MR) is 118 cm³/mol. The fraction of sp³-hybridized carbons (Fsp3) is 0.375. The summed E-state index contributed by atoms with van der Waals surface area (Å²) in [5.74, 6) is 1.21. The highest BCUT2D eigenvalue weighted by molar-refractivity contribution is 7.19. The Hall–Kier alpha value is -2.53. The van der Waals surface area contributed by atoms with E-state index in [-0.39, 0.29) is 18.0 Å². The minimum atomic E-state index is -0.384. The van der Waals surface area contributed by atoms with Crippen LogP contribution in [-0.4, -0.2) is 26.8 Å². The lowest BCUT2D eigenvalue weighted by atomic mass is 9.74. The molecular weight excluding hydrogens is 384 g/mol. The number of methoxy groups -OCH3 is 2. The Kier molecular flexibility index (Phi) is 6.48. The van der Waals surface area contributed by atoms with E-state index in [9.17, 15) is 4.79 Å². The molecule has 154 valence electrons. The lowest BCUT2D eigenvalue weighted by molar-refractivity contribution is -0.142. The van der Waals surface area contributed by atoms with E-state index in [1.807, 2.05) is 30.4 Å². The summed E-state index contributed by atoms with van der Waals surface area (Å²) in [6.45, 7) is 6.42. The van der Waals surface area contributed by atoms with Crippen molar-refractivity contribution >= 4 is 27.4 Å². The number of benzene rings is 2. The number of thiophene rings is 1. The standard InChI is InChI=1S/C24H28O4S/c1-6-24(7-2,22-13-17-8-10-19(26-4)14-21(17)29-22)18-9-11-20(16(3)12-18)28-15-23(25)27-5/h8-14H,6-7,15H2,1-5H3. The average molecular weight is 413 g/mol. The number of rotatable bonds is 8. The summed E-state index contributed by atoms with van der Waals surface area (Å²) in [6, 6.07) is 14.8. The van der Waals surface area contributed by atoms with Gasteiger partial charge in [0.2, 0.25) is 0 Å². The predicted octanol–water partition coefficient (Wildman–Crippen LogP) is 5.88. The third-order valence-corrected chi connectivity index (χ3v) is 7.01. The van der Waals surface area contributed by atoms with Crippen molar-refractivity contribution in [1.82, 2.24) is 0 Å². The van der Waals surface area contributed by atoms with E-state index in [1.54, 1.807) is 7.11 Å². The molecule has 0 atom stereocenters. The van der Waals surface area contributed by atoms with E-state index in [0.717, 1.165) is 24.2 Å². The Morgan fingerprint density at radius 2 is 1.79 bits per heavy atom. The zero-order valence-corrected chi connectivity index (χ0v) is 18.5. The molecule has 0 saturated carbocycles. The number of aryl methyl sites for hydroxylation is 1. The molecule has 29 heavy (non-hydrogen) atoms. The first-order valence-electron chi connectivity index (χ1n) is 9.86. The summed E-state index contributed by atoms with van der Waals surface area (Å²) < 4.78 is 16.9. The Bertz CT molecular complexity index is 1000. The minimum Gasteiger partial charge on any atom is -0.497 e. The first-order valence-corrected chi connectivity index (χ1v) is 10.7. The summed E-state index contributed by atoms with van der Waals surface area (Å²) in [6.07, 6.45) is 1.99. The van der Waals surface area contributed by atoms with Crippen LogP contribution >= 0.6 is 11.3 Å². The summed E-state index contributed by atoms with van der Waals surface area (Å²) >= 11 is 1.83. The molecule has 1 aromatic heterocycles. The van der Waals surface area contributed by atoms with Gasteiger partial charge in [0.05, 0.1) is 14.2 Å². The summed E-state index contributed by atoms with van der Waals surface area (Å²) in [4.78, 5) is 12.7. The lowest BCUT2D eigenvalue weighted by Crippen LogP contribution is -2.25. The lowest BCUT2D eigenvalue weighted by Gasteiger charge is -2.32. The molecule has 0 fully saturated rings. The summed E-state index contributed by atoms with van der Waals surface area (Å²) in [5.41, 5.74) is 2.21. The van der Waals surface area contributed by atoms with Crippen LogP contribution in [0.1, 0.15) is 42.7 Å². The van der Waals surface area contributed by atoms with E-state index in [1.165, 1.54) is 27.6 Å². The molecule has 0 N–H and O–H groups in total. The molecule has 0 aliphatic carbocycles. The molecule has 0 radical (unpaired) electrons. The third kappa shape index (κ3) is 4.10. The van der Waals surface area contributed by atoms with Crippen LogP contribution in [0.5, 0.6) is 11.5 Å². The number of carbonyl (C=O) groups excluding carboxylic acids is 1. The highest BCUT2D eigenvalue weighted by Crippen LogP contribution is 2.45. The summed E-state index contributed by atoms with van der Waals surface area (Å²) in [5, 5.41) is 1.24. The Labute approximate surface area is 176 Å². The van der Waals surface area contributed by atoms with Gasteiger partial charge in [-0.3, -0.25) is 0 Å². The van der Waals surface area contributed by atoms with E-state index in [2.05, 4.69) is 48.9 Å². The Morgan fingerprint density at radius 3 is 2.41 bits per heavy atom. The molecule has 0 aliphatic heterocycles. The molecule has 3 rings (SSSR count). The SMILES string of the molecule is CCC(CC)(c1ccc(OCC(=O)OC)c(C)c1)c1cc2ccc(OC)cc2s1. The number of hydrogen-bond acceptors (Lipinski definition) is 5. The van der Waals surface area contributed by atoms with Gasteiger partial charge in [0, 0.05) is 15.0 Å². The molecule has 0 bridgehead atoms. The fourth-order valence-electron chi connectivity index (χ4n) is 3.83. The fourth-order valence-corrected chi connectivity index (χ4v) is 5.27. The third-order valence-electron chi connectivity index (χ3n) is 5.71. The molecule has 1 heterocycles. The van der Waals surface area contributed by atoms with Gasteiger partial charge in [0.15, 0.2) is 6.61 Å². The molecule has 2 aromatic carbocycles. The van der Waals surface area contributed by atoms with E-state index in [4.69, 9.17) is 9.47 Å². The molecule has 0 unspecified atom stereocenters. The molecule has 3 aromatic rings. The molecule has 4 nitrogen and oxygen atoms in total. The molecular formula is C24H28O4S. The van der Waals surface area contributed by atoms with Crippen LogP contribution < -0.4 is 9.47 Å². The van der Waals surface area contributed by atoms with Crippen molar-refractivity contribution in [2.75, 3.05) is 20.8 Å². The van der Waals surface area contributed by atoms with E-state index >= 15 is 0 Å². The second-order valence-electron chi connectivity index (χ2n) is 7.15. The van der Waals surface area contributed by atoms with Crippen LogP contribution in [0.25, 0.3) is 10.1 Å². The maximum Gasteiger partial charge on any atom is 0.343 e. The van der Waals surface area contributed by atoms with Crippen LogP contribution in [0.2, 0.25) is 0 Å². The van der Waals surface area contributed by atoms with E-state index < -0.39 is 0 Å². The number of carbonyl (C=O) groups is 1. The van der Waals surface area contributed by atoms with Gasteiger partial charge in [0.1, 0.15) is 11.5 Å². The molecule has 0 spiro atoms. The van der Waals surface area contributed by atoms with Gasteiger partial charge in [-0.2, -0.15) is 0 Å². The topological polar surface area (TPSA) is 44.8 Å². The smallest absolute Gasteiger partial charge is 0.343 e. The van der Waals surface area contributed by atoms with Gasteiger partial charge in [-0.15, -0.1) is 11.3 Å². The zero-order chi connectivity index (χ0) is 21.0. The molecule has 0 aliphatic rings. The van der Waals surface area contributed by atoms with Crippen molar-refractivity contribution in [2.45, 2.75) is 39.0 Å².